The molecule has 0 saturated carbocycles. The van der Waals surface area contributed by atoms with Gasteiger partial charge in [0.25, 0.3) is 0 Å². The zero-order valence-electron chi connectivity index (χ0n) is 13.3. The van der Waals surface area contributed by atoms with E-state index in [1.165, 1.54) is 35.2 Å². The number of anilines is 1. The second-order valence-corrected chi connectivity index (χ2v) is 7.00. The van der Waals surface area contributed by atoms with Gasteiger partial charge in [0.15, 0.2) is 0 Å². The predicted molar refractivity (Wildman–Crippen MR) is 91.6 cm³/mol. The number of hydrogen-bond donors (Lipinski definition) is 1. The largest absolute Gasteiger partial charge is 0.379 e. The standard InChI is InChI=1S/C16H15N3O5S/c1-11-10-13(4-7-15(11)18-21)24-25(22,23)14-5-2-12(3-6-14)19-9-8-17-16(19)20/h2-7,10H,8-9H2,1H3,(H,17,20). The lowest BCUT2D eigenvalue weighted by molar-refractivity contribution is 0.252. The summed E-state index contributed by atoms with van der Waals surface area (Å²) in [5.41, 5.74) is 1.34. The van der Waals surface area contributed by atoms with Crippen LogP contribution in [0.25, 0.3) is 0 Å². The Balaban J connectivity index is 1.81. The Kier molecular flexibility index (Phi) is 4.41. The molecule has 130 valence electrons. The highest BCUT2D eigenvalue weighted by Crippen LogP contribution is 2.27. The fraction of sp³-hybridized carbons (Fsp3) is 0.188. The summed E-state index contributed by atoms with van der Waals surface area (Å²) in [7, 11) is -4.03. The number of carbonyl (C=O) groups excluding carboxylic acids is 1. The SMILES string of the molecule is Cc1cc(OS(=O)(=O)c2ccc(N3CCNC3=O)cc2)ccc1N=O. The molecule has 3 rings (SSSR count). The molecule has 1 fully saturated rings. The first-order chi connectivity index (χ1) is 11.9. The predicted octanol–water partition coefficient (Wildman–Crippen LogP) is 2.69. The van der Waals surface area contributed by atoms with Crippen LogP contribution in [0, 0.1) is 11.8 Å². The lowest BCUT2D eigenvalue weighted by Gasteiger charge is -2.14. The molecule has 1 heterocycles. The van der Waals surface area contributed by atoms with Gasteiger partial charge in [0.2, 0.25) is 0 Å². The highest BCUT2D eigenvalue weighted by molar-refractivity contribution is 7.87. The third kappa shape index (κ3) is 3.45. The molecular weight excluding hydrogens is 346 g/mol. The van der Waals surface area contributed by atoms with E-state index in [1.807, 2.05) is 0 Å². The van der Waals surface area contributed by atoms with E-state index in [9.17, 15) is 18.1 Å². The van der Waals surface area contributed by atoms with E-state index < -0.39 is 10.1 Å². The average molecular weight is 361 g/mol. The molecule has 0 radical (unpaired) electrons. The lowest BCUT2D eigenvalue weighted by atomic mass is 10.2. The zero-order chi connectivity index (χ0) is 18.0. The van der Waals surface area contributed by atoms with Crippen LogP contribution in [0.1, 0.15) is 5.56 Å². The summed E-state index contributed by atoms with van der Waals surface area (Å²) in [6.45, 7) is 2.71. The minimum Gasteiger partial charge on any atom is -0.379 e. The summed E-state index contributed by atoms with van der Waals surface area (Å²) in [5, 5.41) is 5.50. The molecule has 9 heteroatoms. The van der Waals surface area contributed by atoms with Gasteiger partial charge in [-0.3, -0.25) is 4.90 Å². The molecule has 2 amide bonds. The Morgan fingerprint density at radius 3 is 2.44 bits per heavy atom. The zero-order valence-corrected chi connectivity index (χ0v) is 14.1. The monoisotopic (exact) mass is 361 g/mol. The van der Waals surface area contributed by atoms with Crippen LogP contribution in [0.4, 0.5) is 16.2 Å². The van der Waals surface area contributed by atoms with Crippen molar-refractivity contribution in [1.82, 2.24) is 5.32 Å². The first kappa shape index (κ1) is 16.9. The van der Waals surface area contributed by atoms with Crippen LogP contribution in [-0.2, 0) is 10.1 Å². The van der Waals surface area contributed by atoms with E-state index in [1.54, 1.807) is 19.1 Å². The summed E-state index contributed by atoms with van der Waals surface area (Å²) in [6, 6.07) is 9.82. The van der Waals surface area contributed by atoms with Crippen molar-refractivity contribution in [3.05, 3.63) is 52.9 Å². The maximum absolute atomic E-state index is 12.4. The first-order valence-electron chi connectivity index (χ1n) is 7.44. The number of amides is 2. The Hall–Kier alpha value is -2.94. The number of urea groups is 1. The number of aryl methyl sites for hydroxylation is 1. The number of hydrogen-bond acceptors (Lipinski definition) is 6. The quantitative estimate of drug-likeness (QED) is 0.651. The van der Waals surface area contributed by atoms with Crippen LogP contribution in [-0.4, -0.2) is 27.5 Å². The molecule has 0 unspecified atom stereocenters. The number of nitrogens with zero attached hydrogens (tertiary/aromatic N) is 2. The number of rotatable bonds is 5. The molecule has 1 aliphatic rings. The van der Waals surface area contributed by atoms with E-state index in [0.717, 1.165) is 0 Å². The van der Waals surface area contributed by atoms with Gasteiger partial charge >= 0.3 is 16.1 Å². The van der Waals surface area contributed by atoms with E-state index in [-0.39, 0.29) is 22.4 Å². The average Bonchev–Trinajstić information content (AvgIpc) is 3.01. The van der Waals surface area contributed by atoms with Crippen molar-refractivity contribution in [1.29, 1.82) is 0 Å². The summed E-state index contributed by atoms with van der Waals surface area (Å²) in [6.07, 6.45) is 0. The minimum absolute atomic E-state index is 0.0360. The topological polar surface area (TPSA) is 105 Å². The van der Waals surface area contributed by atoms with Crippen LogP contribution in [0.2, 0.25) is 0 Å². The molecule has 25 heavy (non-hydrogen) atoms. The lowest BCUT2D eigenvalue weighted by Crippen LogP contribution is -2.27. The van der Waals surface area contributed by atoms with Crippen LogP contribution in [0.15, 0.2) is 52.5 Å². The summed E-state index contributed by atoms with van der Waals surface area (Å²) in [5.74, 6) is 0.0906. The fourth-order valence-electron chi connectivity index (χ4n) is 2.47. The Labute approximate surface area is 144 Å². The van der Waals surface area contributed by atoms with Gasteiger partial charge in [-0.1, -0.05) is 0 Å². The van der Waals surface area contributed by atoms with Crippen molar-refractivity contribution < 1.29 is 17.4 Å². The molecule has 0 atom stereocenters. The van der Waals surface area contributed by atoms with Gasteiger partial charge in [-0.05, 0) is 60.1 Å². The van der Waals surface area contributed by atoms with Crippen molar-refractivity contribution in [2.75, 3.05) is 18.0 Å². The molecule has 0 aliphatic carbocycles. The van der Waals surface area contributed by atoms with E-state index >= 15 is 0 Å². The molecule has 2 aromatic rings. The van der Waals surface area contributed by atoms with E-state index in [4.69, 9.17) is 4.18 Å². The van der Waals surface area contributed by atoms with Crippen molar-refractivity contribution in [2.45, 2.75) is 11.8 Å². The van der Waals surface area contributed by atoms with Gasteiger partial charge in [-0.25, -0.2) is 4.79 Å². The molecule has 8 nitrogen and oxygen atoms in total. The Morgan fingerprint density at radius 1 is 1.16 bits per heavy atom. The van der Waals surface area contributed by atoms with Gasteiger partial charge in [-0.2, -0.15) is 8.42 Å². The van der Waals surface area contributed by atoms with Crippen LogP contribution >= 0.6 is 0 Å². The van der Waals surface area contributed by atoms with Crippen molar-refractivity contribution >= 4 is 27.5 Å². The van der Waals surface area contributed by atoms with E-state index in [0.29, 0.717) is 24.3 Å². The number of benzene rings is 2. The molecule has 1 saturated heterocycles. The van der Waals surface area contributed by atoms with Gasteiger partial charge < -0.3 is 9.50 Å². The first-order valence-corrected chi connectivity index (χ1v) is 8.85. The molecule has 1 N–H and O–H groups in total. The van der Waals surface area contributed by atoms with Crippen molar-refractivity contribution in [3.8, 4) is 5.75 Å². The van der Waals surface area contributed by atoms with Gasteiger partial charge in [0.05, 0.1) is 0 Å². The van der Waals surface area contributed by atoms with Crippen LogP contribution < -0.4 is 14.4 Å². The van der Waals surface area contributed by atoms with E-state index in [2.05, 4.69) is 10.5 Å². The Bertz CT molecular complexity index is 925. The number of nitrogens with one attached hydrogen (secondary N) is 1. The van der Waals surface area contributed by atoms with Crippen LogP contribution in [0.5, 0.6) is 5.75 Å². The number of carbonyl (C=O) groups is 1. The molecule has 1 aliphatic heterocycles. The van der Waals surface area contributed by atoms with Crippen LogP contribution in [0.3, 0.4) is 0 Å². The highest BCUT2D eigenvalue weighted by Gasteiger charge is 2.22. The fourth-order valence-corrected chi connectivity index (χ4v) is 3.39. The smallest absolute Gasteiger partial charge is 0.339 e. The second-order valence-electron chi connectivity index (χ2n) is 5.45. The maximum Gasteiger partial charge on any atom is 0.339 e. The van der Waals surface area contributed by atoms with Gasteiger partial charge in [0.1, 0.15) is 16.3 Å². The normalized spacial score (nSPS) is 14.3. The summed E-state index contributed by atoms with van der Waals surface area (Å²) in [4.78, 5) is 23.7. The Morgan fingerprint density at radius 2 is 1.88 bits per heavy atom. The highest BCUT2D eigenvalue weighted by atomic mass is 32.2. The second kappa shape index (κ2) is 6.52. The van der Waals surface area contributed by atoms with Gasteiger partial charge in [-0.15, -0.1) is 4.91 Å². The maximum atomic E-state index is 12.4. The summed E-state index contributed by atoms with van der Waals surface area (Å²) >= 11 is 0. The molecule has 0 aromatic heterocycles. The third-order valence-electron chi connectivity index (χ3n) is 3.77. The van der Waals surface area contributed by atoms with Crippen molar-refractivity contribution in [3.63, 3.8) is 0 Å². The minimum atomic E-state index is -4.03. The van der Waals surface area contributed by atoms with Gasteiger partial charge in [0, 0.05) is 18.8 Å². The third-order valence-corrected chi connectivity index (χ3v) is 5.03. The molecular formula is C16H15N3O5S. The molecule has 0 spiro atoms. The number of nitroso groups, excluding NO2 is 1. The molecule has 0 bridgehead atoms. The summed E-state index contributed by atoms with van der Waals surface area (Å²) < 4.78 is 29.8. The van der Waals surface area contributed by atoms with Crippen molar-refractivity contribution in [2.24, 2.45) is 5.18 Å². The molecule has 2 aromatic carbocycles.